The highest BCUT2D eigenvalue weighted by atomic mass is 19.1. The molecule has 7 aromatic carbocycles. The van der Waals surface area contributed by atoms with Crippen molar-refractivity contribution in [2.45, 2.75) is 59.3 Å². The van der Waals surface area contributed by atoms with E-state index in [1.807, 2.05) is 36.5 Å². The van der Waals surface area contributed by atoms with Crippen LogP contribution >= 0.6 is 0 Å². The first-order chi connectivity index (χ1) is 30.6. The van der Waals surface area contributed by atoms with E-state index < -0.39 is 0 Å². The topological polar surface area (TPSA) is 33.5 Å². The highest BCUT2D eigenvalue weighted by Crippen LogP contribution is 2.50. The van der Waals surface area contributed by atoms with Crippen LogP contribution in [-0.4, -0.2) is 16.2 Å². The van der Waals surface area contributed by atoms with E-state index in [1.165, 1.54) is 27.8 Å². The third kappa shape index (κ3) is 7.29. The van der Waals surface area contributed by atoms with Crippen molar-refractivity contribution in [3.8, 4) is 39.6 Å². The number of benzene rings is 7. The van der Waals surface area contributed by atoms with Gasteiger partial charge in [-0.25, -0.2) is 9.37 Å². The van der Waals surface area contributed by atoms with Gasteiger partial charge < -0.3 is 14.5 Å². The van der Waals surface area contributed by atoms with Crippen molar-refractivity contribution in [1.82, 2.24) is 9.55 Å². The Bertz CT molecular complexity index is 3120. The first-order valence-corrected chi connectivity index (χ1v) is 22.1. The molecule has 0 fully saturated rings. The van der Waals surface area contributed by atoms with Crippen molar-refractivity contribution < 1.29 is 9.13 Å². The largest absolute Gasteiger partial charge is 0.457 e. The molecule has 0 saturated heterocycles. The number of anilines is 4. The molecule has 10 rings (SSSR count). The van der Waals surface area contributed by atoms with E-state index in [9.17, 15) is 0 Å². The third-order valence-electron chi connectivity index (χ3n) is 12.5. The molecule has 6 heteroatoms. The molecule has 0 saturated carbocycles. The standard InChI is InChI=1S/C57H51FN4O/c1-36(2)39-16-15-17-40(28-39)41-29-43(33-45(30-41)63-44-25-26-48-47-19-8-10-21-52(47)62(55(48)34-44)56-24-13-14-27-59-56)60-35-61(54-23-12-11-22-53(54)60)57-49(37(3)4)31-42(32-50(57)38(5)6)46-18-7-9-20-51(46)58/h7-34,36-38H,35H2,1-6H3. The molecule has 0 atom stereocenters. The summed E-state index contributed by atoms with van der Waals surface area (Å²) in [7, 11) is 0. The summed E-state index contributed by atoms with van der Waals surface area (Å²) in [6.07, 6.45) is 1.84. The fourth-order valence-electron chi connectivity index (χ4n) is 9.27. The molecule has 5 nitrogen and oxygen atoms in total. The lowest BCUT2D eigenvalue weighted by Crippen LogP contribution is -2.26. The van der Waals surface area contributed by atoms with Gasteiger partial charge in [-0.15, -0.1) is 0 Å². The van der Waals surface area contributed by atoms with Gasteiger partial charge in [-0.05, 0) is 124 Å². The maximum Gasteiger partial charge on any atom is 0.137 e. The molecular weight excluding hydrogens is 776 g/mol. The minimum Gasteiger partial charge on any atom is -0.457 e. The van der Waals surface area contributed by atoms with Crippen LogP contribution in [0.4, 0.5) is 27.1 Å². The number of pyridine rings is 1. The highest BCUT2D eigenvalue weighted by Gasteiger charge is 2.33. The van der Waals surface area contributed by atoms with Gasteiger partial charge in [0.25, 0.3) is 0 Å². The molecule has 0 unspecified atom stereocenters. The van der Waals surface area contributed by atoms with E-state index in [1.54, 1.807) is 12.1 Å². The summed E-state index contributed by atoms with van der Waals surface area (Å²) in [5, 5.41) is 2.31. The Morgan fingerprint density at radius 1 is 0.524 bits per heavy atom. The normalized spacial score (nSPS) is 12.7. The van der Waals surface area contributed by atoms with Gasteiger partial charge in [0.1, 0.15) is 29.8 Å². The number of nitrogens with zero attached hydrogens (tertiary/aromatic N) is 4. The van der Waals surface area contributed by atoms with Gasteiger partial charge in [0.15, 0.2) is 0 Å². The summed E-state index contributed by atoms with van der Waals surface area (Å²) in [4.78, 5) is 9.61. The van der Waals surface area contributed by atoms with Gasteiger partial charge >= 0.3 is 0 Å². The monoisotopic (exact) mass is 826 g/mol. The number of hydrogen-bond acceptors (Lipinski definition) is 4. The molecule has 0 spiro atoms. The zero-order valence-electron chi connectivity index (χ0n) is 36.7. The maximum absolute atomic E-state index is 15.3. The summed E-state index contributed by atoms with van der Waals surface area (Å²) in [6, 6.07) is 56.5. The molecule has 3 heterocycles. The SMILES string of the molecule is CC(C)c1cccc(-c2cc(Oc3ccc4c5ccccc5n(-c5ccccn5)c4c3)cc(N3CN(c4c(C(C)C)cc(-c5ccccc5F)cc4C(C)C)c4ccccc43)c2)c1. The van der Waals surface area contributed by atoms with E-state index in [-0.39, 0.29) is 17.7 Å². The molecule has 0 N–H and O–H groups in total. The van der Waals surface area contributed by atoms with E-state index in [2.05, 4.69) is 177 Å². The third-order valence-corrected chi connectivity index (χ3v) is 12.5. The van der Waals surface area contributed by atoms with Crippen LogP contribution < -0.4 is 14.5 Å². The van der Waals surface area contributed by atoms with Crippen LogP contribution in [-0.2, 0) is 0 Å². The number of hydrogen-bond donors (Lipinski definition) is 0. The Balaban J connectivity index is 1.11. The Hall–Kier alpha value is -7.18. The van der Waals surface area contributed by atoms with Crippen molar-refractivity contribution in [3.63, 3.8) is 0 Å². The van der Waals surface area contributed by atoms with Crippen molar-refractivity contribution in [2.75, 3.05) is 16.5 Å². The Morgan fingerprint density at radius 2 is 1.22 bits per heavy atom. The zero-order chi connectivity index (χ0) is 43.4. The van der Waals surface area contributed by atoms with Crippen LogP contribution in [0.5, 0.6) is 11.5 Å². The molecule has 0 bridgehead atoms. The molecular formula is C57H51FN4O. The molecule has 312 valence electrons. The Labute approximate surface area is 369 Å². The van der Waals surface area contributed by atoms with Gasteiger partial charge in [-0.1, -0.05) is 120 Å². The molecule has 0 aliphatic carbocycles. The fraction of sp³-hybridized carbons (Fsp3) is 0.175. The summed E-state index contributed by atoms with van der Waals surface area (Å²) in [5.41, 5.74) is 14.0. The van der Waals surface area contributed by atoms with Gasteiger partial charge in [-0.3, -0.25) is 4.57 Å². The van der Waals surface area contributed by atoms with E-state index in [4.69, 9.17) is 9.72 Å². The average molecular weight is 827 g/mol. The zero-order valence-corrected chi connectivity index (χ0v) is 36.7. The van der Waals surface area contributed by atoms with Crippen LogP contribution in [0.3, 0.4) is 0 Å². The summed E-state index contributed by atoms with van der Waals surface area (Å²) in [5.74, 6) is 2.90. The van der Waals surface area contributed by atoms with Gasteiger partial charge in [-0.2, -0.15) is 0 Å². The summed E-state index contributed by atoms with van der Waals surface area (Å²) in [6.45, 7) is 14.0. The predicted molar refractivity (Wildman–Crippen MR) is 260 cm³/mol. The van der Waals surface area contributed by atoms with Crippen molar-refractivity contribution >= 4 is 44.6 Å². The lowest BCUT2D eigenvalue weighted by atomic mass is 9.87. The first kappa shape index (κ1) is 39.9. The van der Waals surface area contributed by atoms with Crippen LogP contribution in [0.15, 0.2) is 170 Å². The number of aromatic nitrogens is 2. The first-order valence-electron chi connectivity index (χ1n) is 22.1. The van der Waals surface area contributed by atoms with Crippen LogP contribution in [0.1, 0.15) is 76.0 Å². The van der Waals surface area contributed by atoms with E-state index in [0.29, 0.717) is 18.2 Å². The fourth-order valence-corrected chi connectivity index (χ4v) is 9.27. The summed E-state index contributed by atoms with van der Waals surface area (Å²) >= 11 is 0. The molecule has 0 radical (unpaired) electrons. The van der Waals surface area contributed by atoms with Gasteiger partial charge in [0.05, 0.1) is 22.4 Å². The molecule has 1 aliphatic heterocycles. The highest BCUT2D eigenvalue weighted by molar-refractivity contribution is 6.09. The maximum atomic E-state index is 15.3. The molecule has 63 heavy (non-hydrogen) atoms. The number of ether oxygens (including phenoxy) is 1. The number of fused-ring (bicyclic) bond motifs is 4. The molecule has 0 amide bonds. The van der Waals surface area contributed by atoms with Crippen molar-refractivity contribution in [3.05, 3.63) is 192 Å². The molecule has 1 aliphatic rings. The van der Waals surface area contributed by atoms with Crippen LogP contribution in [0, 0.1) is 5.82 Å². The second-order valence-electron chi connectivity index (χ2n) is 17.6. The summed E-state index contributed by atoms with van der Waals surface area (Å²) < 4.78 is 24.5. The van der Waals surface area contributed by atoms with Gasteiger partial charge in [0, 0.05) is 46.0 Å². The number of halogens is 1. The van der Waals surface area contributed by atoms with Crippen LogP contribution in [0.25, 0.3) is 49.9 Å². The number of rotatable bonds is 10. The lowest BCUT2D eigenvalue weighted by molar-refractivity contribution is 0.483. The molecule has 9 aromatic rings. The number of para-hydroxylation sites is 3. The second-order valence-corrected chi connectivity index (χ2v) is 17.6. The van der Waals surface area contributed by atoms with Crippen LogP contribution in [0.2, 0.25) is 0 Å². The average Bonchev–Trinajstić information content (AvgIpc) is 3.85. The van der Waals surface area contributed by atoms with E-state index >= 15 is 4.39 Å². The Morgan fingerprint density at radius 3 is 1.95 bits per heavy atom. The second kappa shape index (κ2) is 16.3. The van der Waals surface area contributed by atoms with Crippen molar-refractivity contribution in [1.29, 1.82) is 0 Å². The predicted octanol–water partition coefficient (Wildman–Crippen LogP) is 16.1. The van der Waals surface area contributed by atoms with Gasteiger partial charge in [0.2, 0.25) is 0 Å². The minimum absolute atomic E-state index is 0.190. The minimum atomic E-state index is -0.209. The van der Waals surface area contributed by atoms with E-state index in [0.717, 1.165) is 67.5 Å². The van der Waals surface area contributed by atoms with Crippen molar-refractivity contribution in [2.24, 2.45) is 0 Å². The Kier molecular flexibility index (Phi) is 10.3. The quantitative estimate of drug-likeness (QED) is 0.138. The lowest BCUT2D eigenvalue weighted by Gasteiger charge is -2.30. The smallest absolute Gasteiger partial charge is 0.137 e. The molecule has 2 aromatic heterocycles.